The number of pyridine rings is 1. The number of imidazole rings is 1. The predicted octanol–water partition coefficient (Wildman–Crippen LogP) is 2.85. The van der Waals surface area contributed by atoms with Crippen molar-refractivity contribution in [2.24, 2.45) is 0 Å². The smallest absolute Gasteiger partial charge is 0.335 e. The first-order valence-electron chi connectivity index (χ1n) is 9.57. The van der Waals surface area contributed by atoms with Crippen molar-refractivity contribution < 1.29 is 9.53 Å². The molecule has 152 valence electrons. The van der Waals surface area contributed by atoms with Gasteiger partial charge in [-0.25, -0.2) is 14.3 Å². The van der Waals surface area contributed by atoms with Gasteiger partial charge < -0.3 is 9.64 Å². The van der Waals surface area contributed by atoms with Crippen LogP contribution in [0.5, 0.6) is 5.75 Å². The fraction of sp³-hybridized carbons (Fsp3) is 0.174. The number of ether oxygens (including phenoxy) is 1. The van der Waals surface area contributed by atoms with Crippen LogP contribution in [0.4, 0.5) is 0 Å². The van der Waals surface area contributed by atoms with E-state index in [0.717, 1.165) is 5.56 Å². The van der Waals surface area contributed by atoms with Gasteiger partial charge in [-0.3, -0.25) is 9.36 Å². The van der Waals surface area contributed by atoms with Crippen LogP contribution >= 0.6 is 0 Å². The Balaban J connectivity index is 1.68. The van der Waals surface area contributed by atoms with Crippen molar-refractivity contribution in [1.29, 1.82) is 0 Å². The van der Waals surface area contributed by atoms with Gasteiger partial charge in [0.2, 0.25) is 5.91 Å². The van der Waals surface area contributed by atoms with Crippen LogP contribution < -0.4 is 10.4 Å². The Hall–Kier alpha value is -3.87. The molecule has 4 rings (SSSR count). The molecule has 0 radical (unpaired) electrons. The number of methoxy groups -OCH3 is 1. The second-order valence-corrected chi connectivity index (χ2v) is 6.98. The van der Waals surface area contributed by atoms with Gasteiger partial charge in [0.1, 0.15) is 12.3 Å². The maximum atomic E-state index is 13.2. The van der Waals surface area contributed by atoms with Crippen molar-refractivity contribution >= 4 is 17.1 Å². The van der Waals surface area contributed by atoms with Crippen molar-refractivity contribution in [2.75, 3.05) is 14.2 Å². The lowest BCUT2D eigenvalue weighted by Crippen LogP contribution is -2.34. The zero-order chi connectivity index (χ0) is 21.1. The van der Waals surface area contributed by atoms with E-state index in [1.54, 1.807) is 61.7 Å². The molecule has 0 atom stereocenters. The monoisotopic (exact) mass is 402 g/mol. The minimum Gasteiger partial charge on any atom is -0.497 e. The van der Waals surface area contributed by atoms with Crippen molar-refractivity contribution in [1.82, 2.24) is 19.0 Å². The number of hydrogen-bond acceptors (Lipinski definition) is 4. The fourth-order valence-electron chi connectivity index (χ4n) is 3.40. The average Bonchev–Trinajstić information content (AvgIpc) is 3.06. The number of nitrogens with zero attached hydrogens (tertiary/aromatic N) is 4. The third-order valence-electron chi connectivity index (χ3n) is 5.00. The molecule has 2 aromatic carbocycles. The molecular weight excluding hydrogens is 380 g/mol. The van der Waals surface area contributed by atoms with E-state index in [1.165, 1.54) is 9.13 Å². The second-order valence-electron chi connectivity index (χ2n) is 6.98. The number of fused-ring (bicyclic) bond motifs is 1. The Morgan fingerprint density at radius 1 is 1.03 bits per heavy atom. The van der Waals surface area contributed by atoms with E-state index < -0.39 is 0 Å². The van der Waals surface area contributed by atoms with Gasteiger partial charge in [-0.05, 0) is 42.0 Å². The molecule has 2 aromatic heterocycles. The number of benzene rings is 2. The fourth-order valence-corrected chi connectivity index (χ4v) is 3.40. The van der Waals surface area contributed by atoms with Gasteiger partial charge in [-0.15, -0.1) is 0 Å². The summed E-state index contributed by atoms with van der Waals surface area (Å²) in [6, 6.07) is 20.5. The van der Waals surface area contributed by atoms with Gasteiger partial charge in [0.15, 0.2) is 5.65 Å². The van der Waals surface area contributed by atoms with E-state index in [0.29, 0.717) is 29.1 Å². The van der Waals surface area contributed by atoms with Crippen LogP contribution in [0.15, 0.2) is 77.7 Å². The van der Waals surface area contributed by atoms with Crippen LogP contribution in [0, 0.1) is 0 Å². The highest BCUT2D eigenvalue weighted by atomic mass is 16.5. The Morgan fingerprint density at radius 2 is 1.77 bits per heavy atom. The molecule has 0 N–H and O–H groups in total. The van der Waals surface area contributed by atoms with Gasteiger partial charge in [0.25, 0.3) is 0 Å². The number of likely N-dealkylation sites (N-methyl/N-ethyl adjacent to an activating group) is 1. The van der Waals surface area contributed by atoms with E-state index in [2.05, 4.69) is 4.98 Å². The topological polar surface area (TPSA) is 69.4 Å². The van der Waals surface area contributed by atoms with E-state index in [9.17, 15) is 9.59 Å². The van der Waals surface area contributed by atoms with Crippen molar-refractivity contribution in [3.63, 3.8) is 0 Å². The van der Waals surface area contributed by atoms with Gasteiger partial charge >= 0.3 is 5.69 Å². The molecule has 0 spiro atoms. The van der Waals surface area contributed by atoms with Gasteiger partial charge in [-0.2, -0.15) is 0 Å². The molecule has 0 bridgehead atoms. The summed E-state index contributed by atoms with van der Waals surface area (Å²) in [7, 11) is 3.33. The summed E-state index contributed by atoms with van der Waals surface area (Å²) in [6.07, 6.45) is 1.63. The Kier molecular flexibility index (Phi) is 5.34. The molecule has 0 aliphatic rings. The van der Waals surface area contributed by atoms with Crippen LogP contribution in [0.25, 0.3) is 16.9 Å². The van der Waals surface area contributed by atoms with Crippen molar-refractivity contribution in [3.05, 3.63) is 89.0 Å². The van der Waals surface area contributed by atoms with E-state index >= 15 is 0 Å². The van der Waals surface area contributed by atoms with Crippen LogP contribution in [0.2, 0.25) is 0 Å². The van der Waals surface area contributed by atoms with Gasteiger partial charge in [0.05, 0.1) is 18.3 Å². The quantitative estimate of drug-likeness (QED) is 0.497. The number of amides is 1. The Morgan fingerprint density at radius 3 is 2.47 bits per heavy atom. The molecule has 0 unspecified atom stereocenters. The summed E-state index contributed by atoms with van der Waals surface area (Å²) in [5.74, 6) is 0.541. The van der Waals surface area contributed by atoms with Crippen LogP contribution in [-0.2, 0) is 17.9 Å². The predicted molar refractivity (Wildman–Crippen MR) is 115 cm³/mol. The van der Waals surface area contributed by atoms with Crippen molar-refractivity contribution in [2.45, 2.75) is 13.1 Å². The summed E-state index contributed by atoms with van der Waals surface area (Å²) in [4.78, 5) is 32.1. The largest absolute Gasteiger partial charge is 0.497 e. The highest BCUT2D eigenvalue weighted by molar-refractivity contribution is 5.80. The third-order valence-corrected chi connectivity index (χ3v) is 5.00. The van der Waals surface area contributed by atoms with E-state index in [1.807, 2.05) is 30.3 Å². The molecule has 0 aliphatic heterocycles. The number of carbonyl (C=O) groups excluding carboxylic acids is 1. The summed E-state index contributed by atoms with van der Waals surface area (Å²) in [6.45, 7) is 0.414. The van der Waals surface area contributed by atoms with Crippen LogP contribution in [-0.4, -0.2) is 39.1 Å². The first-order valence-corrected chi connectivity index (χ1v) is 9.57. The molecule has 2 heterocycles. The molecule has 1 amide bonds. The number of rotatable bonds is 6. The van der Waals surface area contributed by atoms with Gasteiger partial charge in [0, 0.05) is 19.8 Å². The normalized spacial score (nSPS) is 10.9. The minimum atomic E-state index is -0.310. The van der Waals surface area contributed by atoms with Gasteiger partial charge in [-0.1, -0.05) is 30.3 Å². The second kappa shape index (κ2) is 8.24. The highest BCUT2D eigenvalue weighted by Crippen LogP contribution is 2.18. The van der Waals surface area contributed by atoms with E-state index in [4.69, 9.17) is 4.74 Å². The number of aromatic nitrogens is 3. The third kappa shape index (κ3) is 3.69. The van der Waals surface area contributed by atoms with E-state index in [-0.39, 0.29) is 18.1 Å². The maximum absolute atomic E-state index is 13.2. The molecule has 0 fully saturated rings. The number of carbonyl (C=O) groups is 1. The highest BCUT2D eigenvalue weighted by Gasteiger charge is 2.19. The standard InChI is InChI=1S/C23H22N4O3/c1-25(15-17-7-4-3-5-8-17)21(28)16-26-20-9-6-14-24-22(20)27(23(26)29)18-10-12-19(30-2)13-11-18/h3-14H,15-16H2,1-2H3. The van der Waals surface area contributed by atoms with Crippen LogP contribution in [0.3, 0.4) is 0 Å². The maximum Gasteiger partial charge on any atom is 0.335 e. The zero-order valence-electron chi connectivity index (χ0n) is 16.9. The molecule has 7 heteroatoms. The van der Waals surface area contributed by atoms with Crippen molar-refractivity contribution in [3.8, 4) is 11.4 Å². The summed E-state index contributed by atoms with van der Waals surface area (Å²) in [5.41, 5.74) is 2.50. The first kappa shape index (κ1) is 19.4. The molecule has 7 nitrogen and oxygen atoms in total. The lowest BCUT2D eigenvalue weighted by molar-refractivity contribution is -0.131. The molecule has 0 saturated heterocycles. The molecular formula is C23H22N4O3. The molecule has 4 aromatic rings. The minimum absolute atomic E-state index is 0.0620. The zero-order valence-corrected chi connectivity index (χ0v) is 16.9. The molecule has 30 heavy (non-hydrogen) atoms. The summed E-state index contributed by atoms with van der Waals surface area (Å²) in [5, 5.41) is 0. The summed E-state index contributed by atoms with van der Waals surface area (Å²) < 4.78 is 8.18. The average molecular weight is 402 g/mol. The SMILES string of the molecule is COc1ccc(-n2c(=O)n(CC(=O)N(C)Cc3ccccc3)c3cccnc32)cc1. The van der Waals surface area contributed by atoms with Crippen LogP contribution in [0.1, 0.15) is 5.56 Å². The molecule has 0 saturated carbocycles. The number of hydrogen-bond donors (Lipinski definition) is 0. The Bertz CT molecular complexity index is 1230. The molecule has 0 aliphatic carbocycles. The first-order chi connectivity index (χ1) is 14.6. The summed E-state index contributed by atoms with van der Waals surface area (Å²) >= 11 is 0. The lowest BCUT2D eigenvalue weighted by atomic mass is 10.2. The Labute approximate surface area is 173 Å². The lowest BCUT2D eigenvalue weighted by Gasteiger charge is -2.17.